The first-order valence-electron chi connectivity index (χ1n) is 6.22. The molecule has 0 aliphatic carbocycles. The summed E-state index contributed by atoms with van der Waals surface area (Å²) in [4.78, 5) is 19.2. The van der Waals surface area contributed by atoms with Crippen LogP contribution in [0.3, 0.4) is 0 Å². The molecule has 1 saturated heterocycles. The minimum absolute atomic E-state index is 0.0551. The van der Waals surface area contributed by atoms with Crippen molar-refractivity contribution in [2.75, 3.05) is 11.5 Å². The number of hydrogen-bond acceptors (Lipinski definition) is 4. The van der Waals surface area contributed by atoms with Gasteiger partial charge in [0.15, 0.2) is 0 Å². The monoisotopic (exact) mass is 253 g/mol. The van der Waals surface area contributed by atoms with Crippen molar-refractivity contribution in [2.24, 2.45) is 0 Å². The highest BCUT2D eigenvalue weighted by molar-refractivity contribution is 7.99. The first kappa shape index (κ1) is 12.5. The van der Waals surface area contributed by atoms with E-state index < -0.39 is 0 Å². The van der Waals surface area contributed by atoms with Gasteiger partial charge in [-0.2, -0.15) is 11.8 Å². The predicted molar refractivity (Wildman–Crippen MR) is 72.3 cm³/mol. The zero-order valence-electron chi connectivity index (χ0n) is 10.2. The smallest absolute Gasteiger partial charge is 0.256 e. The van der Waals surface area contributed by atoms with Crippen molar-refractivity contribution in [1.29, 1.82) is 0 Å². The summed E-state index contributed by atoms with van der Waals surface area (Å²) in [7, 11) is 0. The van der Waals surface area contributed by atoms with Gasteiger partial charge >= 0.3 is 0 Å². The summed E-state index contributed by atoms with van der Waals surface area (Å²) in [5.74, 6) is 2.32. The number of thioether (sulfide) groups is 1. The van der Waals surface area contributed by atoms with Crippen LogP contribution in [-0.2, 0) is 6.42 Å². The maximum absolute atomic E-state index is 11.9. The van der Waals surface area contributed by atoms with E-state index in [1.807, 2.05) is 18.7 Å². The zero-order chi connectivity index (χ0) is 12.3. The van der Waals surface area contributed by atoms with Gasteiger partial charge in [-0.1, -0.05) is 19.8 Å². The topological polar surface area (TPSA) is 71.8 Å². The molecule has 5 heteroatoms. The number of nitrogens with two attached hydrogens (primary N) is 1. The summed E-state index contributed by atoms with van der Waals surface area (Å²) in [6.07, 6.45) is 5.16. The minimum Gasteiger partial charge on any atom is -0.383 e. The second-order valence-corrected chi connectivity index (χ2v) is 5.73. The molecule has 1 aliphatic heterocycles. The van der Waals surface area contributed by atoms with Gasteiger partial charge in [-0.25, -0.2) is 4.98 Å². The molecular formula is C12H19N3OS. The van der Waals surface area contributed by atoms with Crippen LogP contribution in [0.15, 0.2) is 4.79 Å². The van der Waals surface area contributed by atoms with Crippen molar-refractivity contribution >= 4 is 17.6 Å². The highest BCUT2D eigenvalue weighted by Gasteiger charge is 2.20. The van der Waals surface area contributed by atoms with Crippen molar-refractivity contribution in [2.45, 2.75) is 44.3 Å². The molecule has 4 nitrogen and oxygen atoms in total. The predicted octanol–water partition coefficient (Wildman–Crippen LogP) is 2.26. The molecule has 1 aromatic rings. The lowest BCUT2D eigenvalue weighted by Gasteiger charge is -2.20. The van der Waals surface area contributed by atoms with Crippen LogP contribution in [0.4, 0.5) is 5.82 Å². The zero-order valence-corrected chi connectivity index (χ0v) is 11.0. The highest BCUT2D eigenvalue weighted by atomic mass is 32.2. The van der Waals surface area contributed by atoms with Crippen LogP contribution in [0.1, 0.15) is 49.2 Å². The molecule has 0 spiro atoms. The Morgan fingerprint density at radius 3 is 2.94 bits per heavy atom. The lowest BCUT2D eigenvalue weighted by atomic mass is 10.1. The Balaban J connectivity index is 2.27. The molecule has 0 radical (unpaired) electrons. The third-order valence-corrected chi connectivity index (χ3v) is 4.44. The van der Waals surface area contributed by atoms with Gasteiger partial charge in [0.2, 0.25) is 0 Å². The first-order valence-corrected chi connectivity index (χ1v) is 7.27. The summed E-state index contributed by atoms with van der Waals surface area (Å²) in [5, 5.41) is 0.314. The molecule has 0 amide bonds. The molecule has 0 aromatic carbocycles. The average Bonchev–Trinajstić information content (AvgIpc) is 2.35. The minimum atomic E-state index is -0.0551. The molecule has 1 aromatic heterocycles. The Morgan fingerprint density at radius 2 is 2.35 bits per heavy atom. The van der Waals surface area contributed by atoms with Crippen molar-refractivity contribution < 1.29 is 0 Å². The van der Waals surface area contributed by atoms with Crippen molar-refractivity contribution in [1.82, 2.24) is 9.97 Å². The summed E-state index contributed by atoms with van der Waals surface area (Å²) in [5.41, 5.74) is 6.46. The third-order valence-electron chi connectivity index (χ3n) is 3.05. The summed E-state index contributed by atoms with van der Waals surface area (Å²) in [6.45, 7) is 2.03. The van der Waals surface area contributed by atoms with Crippen LogP contribution in [0.25, 0.3) is 0 Å². The maximum atomic E-state index is 11.9. The molecule has 94 valence electrons. The van der Waals surface area contributed by atoms with Gasteiger partial charge in [0, 0.05) is 0 Å². The van der Waals surface area contributed by atoms with Crippen LogP contribution in [0.2, 0.25) is 0 Å². The van der Waals surface area contributed by atoms with E-state index in [1.165, 1.54) is 12.8 Å². The second kappa shape index (κ2) is 5.58. The van der Waals surface area contributed by atoms with E-state index in [0.29, 0.717) is 23.1 Å². The Bertz CT molecular complexity index is 438. The average molecular weight is 253 g/mol. The normalized spacial score (nSPS) is 20.4. The number of rotatable bonds is 3. The van der Waals surface area contributed by atoms with Crippen molar-refractivity contribution in [3.63, 3.8) is 0 Å². The van der Waals surface area contributed by atoms with E-state index in [9.17, 15) is 4.79 Å². The van der Waals surface area contributed by atoms with Gasteiger partial charge < -0.3 is 10.7 Å². The van der Waals surface area contributed by atoms with Crippen molar-refractivity contribution in [3.05, 3.63) is 21.7 Å². The standard InChI is InChI=1S/C12H19N3OS/c1-2-5-8-10(13)14-11(15-12(8)16)9-6-3-4-7-17-9/h9H,2-7H2,1H3,(H3,13,14,15,16). The first-order chi connectivity index (χ1) is 8.22. The Hall–Kier alpha value is -0.970. The van der Waals surface area contributed by atoms with Gasteiger partial charge in [0.25, 0.3) is 5.56 Å². The molecule has 1 aliphatic rings. The molecule has 0 bridgehead atoms. The number of hydrogen-bond donors (Lipinski definition) is 2. The van der Waals surface area contributed by atoms with Gasteiger partial charge in [-0.3, -0.25) is 4.79 Å². The van der Waals surface area contributed by atoms with E-state index in [1.54, 1.807) is 0 Å². The quantitative estimate of drug-likeness (QED) is 0.866. The Labute approximate surface area is 105 Å². The molecule has 3 N–H and O–H groups in total. The highest BCUT2D eigenvalue weighted by Crippen LogP contribution is 2.36. The fraction of sp³-hybridized carbons (Fsp3) is 0.667. The van der Waals surface area contributed by atoms with Crippen LogP contribution < -0.4 is 11.3 Å². The molecule has 17 heavy (non-hydrogen) atoms. The summed E-state index contributed by atoms with van der Waals surface area (Å²) < 4.78 is 0. The number of aromatic nitrogens is 2. The number of H-pyrrole nitrogens is 1. The SMILES string of the molecule is CCCc1c(N)nc(C2CCCCS2)[nH]c1=O. The van der Waals surface area contributed by atoms with Gasteiger partial charge in [-0.05, 0) is 25.0 Å². The molecule has 2 heterocycles. The van der Waals surface area contributed by atoms with Gasteiger partial charge in [0.05, 0.1) is 10.8 Å². The fourth-order valence-electron chi connectivity index (χ4n) is 2.13. The summed E-state index contributed by atoms with van der Waals surface area (Å²) in [6, 6.07) is 0. The van der Waals surface area contributed by atoms with E-state index in [0.717, 1.165) is 24.4 Å². The lowest BCUT2D eigenvalue weighted by Crippen LogP contribution is -2.21. The summed E-state index contributed by atoms with van der Waals surface area (Å²) >= 11 is 1.86. The van der Waals surface area contributed by atoms with E-state index >= 15 is 0 Å². The fourth-order valence-corrected chi connectivity index (χ4v) is 3.39. The Morgan fingerprint density at radius 1 is 1.53 bits per heavy atom. The maximum Gasteiger partial charge on any atom is 0.256 e. The molecule has 0 saturated carbocycles. The van der Waals surface area contributed by atoms with Crippen LogP contribution in [-0.4, -0.2) is 15.7 Å². The second-order valence-electron chi connectivity index (χ2n) is 4.42. The number of aromatic amines is 1. The van der Waals surface area contributed by atoms with Gasteiger partial charge in [0.1, 0.15) is 11.6 Å². The van der Waals surface area contributed by atoms with E-state index in [-0.39, 0.29) is 5.56 Å². The van der Waals surface area contributed by atoms with E-state index in [4.69, 9.17) is 5.73 Å². The molecule has 1 fully saturated rings. The number of nitrogens with zero attached hydrogens (tertiary/aromatic N) is 1. The largest absolute Gasteiger partial charge is 0.383 e. The number of anilines is 1. The molecular weight excluding hydrogens is 234 g/mol. The van der Waals surface area contributed by atoms with Crippen LogP contribution in [0.5, 0.6) is 0 Å². The molecule has 2 rings (SSSR count). The van der Waals surface area contributed by atoms with E-state index in [2.05, 4.69) is 9.97 Å². The third kappa shape index (κ3) is 2.83. The van der Waals surface area contributed by atoms with Crippen LogP contribution in [0, 0.1) is 0 Å². The van der Waals surface area contributed by atoms with Crippen LogP contribution >= 0.6 is 11.8 Å². The van der Waals surface area contributed by atoms with Crippen molar-refractivity contribution in [3.8, 4) is 0 Å². The molecule has 1 atom stereocenters. The number of nitrogen functional groups attached to an aromatic ring is 1. The number of nitrogens with one attached hydrogen (secondary N) is 1. The van der Waals surface area contributed by atoms with Gasteiger partial charge in [-0.15, -0.1) is 0 Å². The Kier molecular flexibility index (Phi) is 4.10. The lowest BCUT2D eigenvalue weighted by molar-refractivity contribution is 0.659. The molecule has 1 unspecified atom stereocenters.